The van der Waals surface area contributed by atoms with Gasteiger partial charge in [-0.15, -0.1) is 0 Å². The van der Waals surface area contributed by atoms with Gasteiger partial charge in [-0.25, -0.2) is 8.42 Å². The summed E-state index contributed by atoms with van der Waals surface area (Å²) in [5.41, 5.74) is 3.38. The second kappa shape index (κ2) is 6.87. The Morgan fingerprint density at radius 1 is 1.04 bits per heavy atom. The number of sulfonamides is 1. The van der Waals surface area contributed by atoms with Crippen molar-refractivity contribution in [2.75, 3.05) is 0 Å². The minimum Gasteiger partial charge on any atom is -0.393 e. The first-order chi connectivity index (χ1) is 13.4. The Kier molecular flexibility index (Phi) is 4.58. The third kappa shape index (κ3) is 3.02. The topological polar surface area (TPSA) is 57.6 Å². The van der Waals surface area contributed by atoms with Gasteiger partial charge < -0.3 is 5.11 Å². The number of hydrogen-bond donors (Lipinski definition) is 1. The Morgan fingerprint density at radius 3 is 2.46 bits per heavy atom. The van der Waals surface area contributed by atoms with E-state index < -0.39 is 15.3 Å². The molecule has 2 saturated heterocycles. The predicted octanol–water partition coefficient (Wildman–Crippen LogP) is 4.12. The highest BCUT2D eigenvalue weighted by Crippen LogP contribution is 2.43. The van der Waals surface area contributed by atoms with E-state index in [2.05, 4.69) is 36.4 Å². The minimum absolute atomic E-state index is 0.0405. The number of nitrogens with zero attached hydrogens (tertiary/aromatic N) is 1. The van der Waals surface area contributed by atoms with Gasteiger partial charge in [0.1, 0.15) is 0 Å². The van der Waals surface area contributed by atoms with Crippen molar-refractivity contribution in [3.05, 3.63) is 59.2 Å². The molecule has 0 amide bonds. The third-order valence-electron chi connectivity index (χ3n) is 6.51. The zero-order chi connectivity index (χ0) is 19.5. The molecule has 2 aromatic carbocycles. The summed E-state index contributed by atoms with van der Waals surface area (Å²) in [4.78, 5) is 2.50. The molecule has 4 nitrogen and oxygen atoms in total. The molecule has 0 aliphatic carbocycles. The lowest BCUT2D eigenvalue weighted by Gasteiger charge is -2.37. The second-order valence-electron chi connectivity index (χ2n) is 8.28. The van der Waals surface area contributed by atoms with E-state index in [1.54, 1.807) is 16.1 Å². The van der Waals surface area contributed by atoms with E-state index in [4.69, 9.17) is 0 Å². The van der Waals surface area contributed by atoms with Crippen molar-refractivity contribution in [3.8, 4) is 0 Å². The fourth-order valence-electron chi connectivity index (χ4n) is 5.04. The van der Waals surface area contributed by atoms with Crippen LogP contribution in [0.25, 0.3) is 0 Å². The molecule has 6 heteroatoms. The van der Waals surface area contributed by atoms with Crippen LogP contribution in [0, 0.1) is 0 Å². The summed E-state index contributed by atoms with van der Waals surface area (Å²) < 4.78 is 28.6. The molecule has 3 heterocycles. The monoisotopic (exact) mass is 415 g/mol. The number of rotatable bonds is 3. The van der Waals surface area contributed by atoms with E-state index in [1.165, 1.54) is 20.9 Å². The number of hydrogen-bond acceptors (Lipinski definition) is 4. The Balaban J connectivity index is 1.44. The van der Waals surface area contributed by atoms with Crippen molar-refractivity contribution in [2.45, 2.75) is 72.3 Å². The summed E-state index contributed by atoms with van der Waals surface area (Å²) in [5, 5.41) is 9.45. The number of aliphatic hydroxyl groups excluding tert-OH is 1. The fourth-order valence-corrected chi connectivity index (χ4v) is 8.16. The van der Waals surface area contributed by atoms with Crippen LogP contribution in [0.1, 0.15) is 54.5 Å². The van der Waals surface area contributed by atoms with Gasteiger partial charge >= 0.3 is 0 Å². The molecule has 2 fully saturated rings. The molecule has 3 aliphatic heterocycles. The molecule has 148 valence electrons. The smallest absolute Gasteiger partial charge is 0.221 e. The first kappa shape index (κ1) is 18.7. The van der Waals surface area contributed by atoms with Crippen molar-refractivity contribution in [1.82, 2.24) is 4.31 Å². The maximum absolute atomic E-state index is 13.5. The summed E-state index contributed by atoms with van der Waals surface area (Å²) in [6.07, 6.45) is 3.36. The van der Waals surface area contributed by atoms with E-state index in [0.717, 1.165) is 24.8 Å². The molecule has 2 aromatic rings. The molecule has 5 rings (SSSR count). The van der Waals surface area contributed by atoms with Crippen molar-refractivity contribution in [1.29, 1.82) is 0 Å². The van der Waals surface area contributed by atoms with Crippen LogP contribution >= 0.6 is 11.8 Å². The SMILES string of the molecule is CC(c1ccc2c(c1)Cc1ccccc1S2)S(=O)(=O)N1C2CCC1CC(O)C2. The minimum atomic E-state index is -3.45. The molecule has 1 N–H and O–H groups in total. The number of aliphatic hydroxyl groups is 1. The van der Waals surface area contributed by atoms with E-state index in [-0.39, 0.29) is 18.2 Å². The van der Waals surface area contributed by atoms with E-state index in [0.29, 0.717) is 12.8 Å². The van der Waals surface area contributed by atoms with Gasteiger partial charge in [0.25, 0.3) is 0 Å². The quantitative estimate of drug-likeness (QED) is 0.699. The Hall–Kier alpha value is -1.34. The molecule has 0 radical (unpaired) electrons. The molecular formula is C22H25NO3S2. The van der Waals surface area contributed by atoms with Crippen molar-refractivity contribution < 1.29 is 13.5 Å². The van der Waals surface area contributed by atoms with Crippen LogP contribution in [0.2, 0.25) is 0 Å². The van der Waals surface area contributed by atoms with E-state index >= 15 is 0 Å². The Labute approximate surface area is 171 Å². The molecule has 3 atom stereocenters. The van der Waals surface area contributed by atoms with Crippen LogP contribution in [-0.4, -0.2) is 36.0 Å². The van der Waals surface area contributed by atoms with Gasteiger partial charge in [0, 0.05) is 21.9 Å². The highest BCUT2D eigenvalue weighted by atomic mass is 32.2. The highest BCUT2D eigenvalue weighted by molar-refractivity contribution is 7.99. The normalized spacial score (nSPS) is 27.9. The molecule has 0 aromatic heterocycles. The van der Waals surface area contributed by atoms with Gasteiger partial charge in [-0.2, -0.15) is 4.31 Å². The largest absolute Gasteiger partial charge is 0.393 e. The van der Waals surface area contributed by atoms with Crippen LogP contribution in [-0.2, 0) is 16.4 Å². The van der Waals surface area contributed by atoms with Crippen molar-refractivity contribution >= 4 is 21.8 Å². The summed E-state index contributed by atoms with van der Waals surface area (Å²) in [7, 11) is -3.45. The summed E-state index contributed by atoms with van der Waals surface area (Å²) in [6, 6.07) is 14.5. The molecule has 2 bridgehead atoms. The summed E-state index contributed by atoms with van der Waals surface area (Å²) >= 11 is 1.76. The van der Waals surface area contributed by atoms with E-state index in [9.17, 15) is 13.5 Å². The molecule has 3 unspecified atom stereocenters. The predicted molar refractivity (Wildman–Crippen MR) is 111 cm³/mol. The van der Waals surface area contributed by atoms with Gasteiger partial charge in [-0.3, -0.25) is 0 Å². The van der Waals surface area contributed by atoms with Crippen LogP contribution in [0.5, 0.6) is 0 Å². The maximum atomic E-state index is 13.5. The fraction of sp³-hybridized carbons (Fsp3) is 0.455. The first-order valence-electron chi connectivity index (χ1n) is 10.0. The zero-order valence-corrected chi connectivity index (χ0v) is 17.5. The lowest BCUT2D eigenvalue weighted by molar-refractivity contribution is 0.0764. The van der Waals surface area contributed by atoms with Gasteiger partial charge in [0.05, 0.1) is 11.4 Å². The number of piperidine rings is 1. The van der Waals surface area contributed by atoms with Crippen LogP contribution in [0.4, 0.5) is 0 Å². The highest BCUT2D eigenvalue weighted by Gasteiger charge is 2.48. The molecule has 0 saturated carbocycles. The average Bonchev–Trinajstić information content (AvgIpc) is 2.98. The maximum Gasteiger partial charge on any atom is 0.221 e. The average molecular weight is 416 g/mol. The zero-order valence-electron chi connectivity index (χ0n) is 15.9. The third-order valence-corrected chi connectivity index (χ3v) is 10.1. The Morgan fingerprint density at radius 2 is 1.71 bits per heavy atom. The standard InChI is InChI=1S/C22H25NO3S2/c1-14(28(25,26)23-18-7-8-19(23)13-20(24)12-18)15-6-9-22-17(10-15)11-16-4-2-3-5-21(16)27-22/h2-6,9-10,14,18-20,24H,7-8,11-13H2,1H3. The van der Waals surface area contributed by atoms with E-state index in [1.807, 2.05) is 13.0 Å². The van der Waals surface area contributed by atoms with Gasteiger partial charge in [-0.1, -0.05) is 42.1 Å². The van der Waals surface area contributed by atoms with Gasteiger partial charge in [0.2, 0.25) is 10.0 Å². The molecule has 3 aliphatic rings. The lowest BCUT2D eigenvalue weighted by atomic mass is 10.0. The first-order valence-corrected chi connectivity index (χ1v) is 12.3. The van der Waals surface area contributed by atoms with Gasteiger partial charge in [0.15, 0.2) is 0 Å². The number of benzene rings is 2. The van der Waals surface area contributed by atoms with Crippen LogP contribution < -0.4 is 0 Å². The lowest BCUT2D eigenvalue weighted by Crippen LogP contribution is -2.49. The second-order valence-corrected chi connectivity index (χ2v) is 11.5. The summed E-state index contributed by atoms with van der Waals surface area (Å²) in [5.74, 6) is 0. The molecular weight excluding hydrogens is 390 g/mol. The summed E-state index contributed by atoms with van der Waals surface area (Å²) in [6.45, 7) is 1.81. The van der Waals surface area contributed by atoms with Gasteiger partial charge in [-0.05, 0) is 67.9 Å². The van der Waals surface area contributed by atoms with Crippen LogP contribution in [0.15, 0.2) is 52.3 Å². The Bertz CT molecular complexity index is 1010. The van der Waals surface area contributed by atoms with Crippen LogP contribution in [0.3, 0.4) is 0 Å². The van der Waals surface area contributed by atoms with Crippen molar-refractivity contribution in [2.24, 2.45) is 0 Å². The number of fused-ring (bicyclic) bond motifs is 4. The van der Waals surface area contributed by atoms with Crippen molar-refractivity contribution in [3.63, 3.8) is 0 Å². The molecule has 0 spiro atoms. The molecule has 28 heavy (non-hydrogen) atoms.